The Labute approximate surface area is 158 Å². The second-order valence-electron chi connectivity index (χ2n) is 8.55. The predicted octanol–water partition coefficient (Wildman–Crippen LogP) is 0.0676. The first-order chi connectivity index (χ1) is 12.2. The minimum atomic E-state index is -0.415. The molecule has 2 aliphatic rings. The molecule has 1 unspecified atom stereocenters. The summed E-state index contributed by atoms with van der Waals surface area (Å²) in [4.78, 5) is 33.0. The summed E-state index contributed by atoms with van der Waals surface area (Å²) in [5.41, 5.74) is 0. The Morgan fingerprint density at radius 3 is 1.88 bits per heavy atom. The smallest absolute Gasteiger partial charge is 0.312 e. The van der Waals surface area contributed by atoms with Gasteiger partial charge in [0.2, 0.25) is 0 Å². The highest BCUT2D eigenvalue weighted by Crippen LogP contribution is 2.34. The monoisotopic (exact) mass is 368 g/mol. The van der Waals surface area contributed by atoms with Gasteiger partial charge in [-0.3, -0.25) is 9.59 Å². The minimum absolute atomic E-state index is 0.0401. The molecule has 0 aromatic heterocycles. The average molecular weight is 369 g/mol. The number of amides is 2. The number of hydrogen-bond acceptors (Lipinski definition) is 5. The number of likely N-dealkylation sites (tertiary alicyclic amines) is 1. The molecular weight excluding hydrogens is 332 g/mol. The molecule has 150 valence electrons. The largest absolute Gasteiger partial charge is 0.379 e. The van der Waals surface area contributed by atoms with Crippen molar-refractivity contribution in [3.05, 3.63) is 0 Å². The highest BCUT2D eigenvalue weighted by Gasteiger charge is 2.39. The molecule has 0 N–H and O–H groups in total. The van der Waals surface area contributed by atoms with Gasteiger partial charge in [0, 0.05) is 46.9 Å². The number of carbonyl (C=O) groups excluding carboxylic acids is 2. The molecule has 1 aliphatic carbocycles. The topological polar surface area (TPSA) is 56.3 Å². The van der Waals surface area contributed by atoms with Gasteiger partial charge < -0.3 is 24.3 Å². The molecule has 26 heavy (non-hydrogen) atoms. The van der Waals surface area contributed by atoms with Gasteiger partial charge in [-0.05, 0) is 58.8 Å². The number of carbonyl (C=O) groups is 2. The molecule has 1 heterocycles. The van der Waals surface area contributed by atoms with E-state index in [-0.39, 0.29) is 12.0 Å². The molecule has 0 aromatic rings. The third-order valence-electron chi connectivity index (χ3n) is 5.50. The van der Waals surface area contributed by atoms with Crippen molar-refractivity contribution in [1.29, 1.82) is 0 Å². The van der Waals surface area contributed by atoms with Gasteiger partial charge in [0.05, 0.1) is 6.10 Å². The number of ether oxygens (including phenoxy) is 1. The molecule has 1 saturated carbocycles. The van der Waals surface area contributed by atoms with Crippen molar-refractivity contribution in [3.63, 3.8) is 0 Å². The van der Waals surface area contributed by atoms with Gasteiger partial charge in [-0.1, -0.05) is 0 Å². The number of nitrogens with zero attached hydrogens (tertiary/aromatic N) is 4. The summed E-state index contributed by atoms with van der Waals surface area (Å²) in [6.45, 7) is 3.66. The highest BCUT2D eigenvalue weighted by molar-refractivity contribution is 6.34. The SMILES string of the molecule is COC(CN(C)C(=O)C(=O)N1C[C@@H](CN(C)C)[C@H](CN(C)C)C1)C1CC1. The summed E-state index contributed by atoms with van der Waals surface area (Å²) in [6.07, 6.45) is 2.34. The van der Waals surface area contributed by atoms with Gasteiger partial charge in [0.15, 0.2) is 0 Å². The van der Waals surface area contributed by atoms with Crippen molar-refractivity contribution in [2.24, 2.45) is 17.8 Å². The van der Waals surface area contributed by atoms with E-state index in [1.54, 1.807) is 19.1 Å². The zero-order valence-corrected chi connectivity index (χ0v) is 17.3. The average Bonchev–Trinajstić information content (AvgIpc) is 3.33. The Morgan fingerprint density at radius 1 is 1.00 bits per heavy atom. The second kappa shape index (κ2) is 9.15. The molecule has 1 aliphatic heterocycles. The number of hydrogen-bond donors (Lipinski definition) is 0. The zero-order chi connectivity index (χ0) is 19.4. The minimum Gasteiger partial charge on any atom is -0.379 e. The summed E-state index contributed by atoms with van der Waals surface area (Å²) in [6, 6.07) is 0. The fourth-order valence-corrected chi connectivity index (χ4v) is 3.99. The van der Waals surface area contributed by atoms with Gasteiger partial charge >= 0.3 is 11.8 Å². The molecule has 3 atom stereocenters. The van der Waals surface area contributed by atoms with Crippen LogP contribution in [0.5, 0.6) is 0 Å². The van der Waals surface area contributed by atoms with Crippen molar-refractivity contribution in [1.82, 2.24) is 19.6 Å². The van der Waals surface area contributed by atoms with Gasteiger partial charge in [0.1, 0.15) is 0 Å². The Morgan fingerprint density at radius 2 is 1.50 bits per heavy atom. The van der Waals surface area contributed by atoms with Crippen LogP contribution in [-0.2, 0) is 14.3 Å². The van der Waals surface area contributed by atoms with Crippen LogP contribution in [0.25, 0.3) is 0 Å². The summed E-state index contributed by atoms with van der Waals surface area (Å²) >= 11 is 0. The quantitative estimate of drug-likeness (QED) is 0.568. The number of methoxy groups -OCH3 is 1. The summed E-state index contributed by atoms with van der Waals surface area (Å²) in [5.74, 6) is 0.538. The molecule has 7 nitrogen and oxygen atoms in total. The molecule has 0 bridgehead atoms. The van der Waals surface area contributed by atoms with Crippen LogP contribution in [0.1, 0.15) is 12.8 Å². The Balaban J connectivity index is 1.95. The van der Waals surface area contributed by atoms with Crippen LogP contribution in [0.2, 0.25) is 0 Å². The van der Waals surface area contributed by atoms with Crippen LogP contribution in [0, 0.1) is 17.8 Å². The molecule has 0 spiro atoms. The molecule has 7 heteroatoms. The maximum absolute atomic E-state index is 12.8. The second-order valence-corrected chi connectivity index (χ2v) is 8.55. The maximum Gasteiger partial charge on any atom is 0.312 e. The lowest BCUT2D eigenvalue weighted by Gasteiger charge is -2.25. The number of likely N-dealkylation sites (N-methyl/N-ethyl adjacent to an activating group) is 1. The fraction of sp³-hybridized carbons (Fsp3) is 0.895. The van der Waals surface area contributed by atoms with Crippen LogP contribution in [0.15, 0.2) is 0 Å². The summed E-state index contributed by atoms with van der Waals surface area (Å²) in [7, 11) is 11.6. The van der Waals surface area contributed by atoms with Crippen LogP contribution in [0.4, 0.5) is 0 Å². The third kappa shape index (κ3) is 5.66. The van der Waals surface area contributed by atoms with E-state index >= 15 is 0 Å². The Kier molecular flexibility index (Phi) is 7.43. The lowest BCUT2D eigenvalue weighted by Crippen LogP contribution is -2.46. The van der Waals surface area contributed by atoms with E-state index in [0.717, 1.165) is 25.9 Å². The van der Waals surface area contributed by atoms with Crippen molar-refractivity contribution >= 4 is 11.8 Å². The Hall–Kier alpha value is -1.18. The first-order valence-electron chi connectivity index (χ1n) is 9.59. The molecule has 2 fully saturated rings. The van der Waals surface area contributed by atoms with Gasteiger partial charge in [-0.15, -0.1) is 0 Å². The summed E-state index contributed by atoms with van der Waals surface area (Å²) < 4.78 is 5.49. The van der Waals surface area contributed by atoms with Crippen LogP contribution in [0.3, 0.4) is 0 Å². The summed E-state index contributed by atoms with van der Waals surface area (Å²) in [5, 5.41) is 0. The van der Waals surface area contributed by atoms with Gasteiger partial charge in [0.25, 0.3) is 0 Å². The molecule has 2 amide bonds. The highest BCUT2D eigenvalue weighted by atomic mass is 16.5. The van der Waals surface area contributed by atoms with Crippen molar-refractivity contribution in [2.75, 3.05) is 75.1 Å². The maximum atomic E-state index is 12.8. The first-order valence-corrected chi connectivity index (χ1v) is 9.59. The van der Waals surface area contributed by atoms with Crippen molar-refractivity contribution < 1.29 is 14.3 Å². The van der Waals surface area contributed by atoms with E-state index in [4.69, 9.17) is 4.74 Å². The van der Waals surface area contributed by atoms with Gasteiger partial charge in [-0.2, -0.15) is 0 Å². The van der Waals surface area contributed by atoms with E-state index in [2.05, 4.69) is 38.0 Å². The Bertz CT molecular complexity index is 475. The molecule has 2 rings (SSSR count). The van der Waals surface area contributed by atoms with E-state index < -0.39 is 5.91 Å². The van der Waals surface area contributed by atoms with E-state index in [9.17, 15) is 9.59 Å². The van der Waals surface area contributed by atoms with E-state index in [1.165, 1.54) is 4.90 Å². The molecular formula is C19H36N4O3. The molecule has 0 radical (unpaired) electrons. The van der Waals surface area contributed by atoms with Crippen LogP contribution < -0.4 is 0 Å². The standard InChI is InChI=1S/C19H36N4O3/c1-20(2)9-15-11-23(12-16(15)10-21(3)4)19(25)18(24)22(5)13-17(26-6)14-7-8-14/h14-17H,7-13H2,1-6H3/t15-,16-,17?/m1/s1. The first kappa shape index (κ1) is 21.1. The number of rotatable bonds is 8. The van der Waals surface area contributed by atoms with Crippen LogP contribution in [-0.4, -0.2) is 113 Å². The fourth-order valence-electron chi connectivity index (χ4n) is 3.99. The lowest BCUT2D eigenvalue weighted by molar-refractivity contribution is -0.151. The zero-order valence-electron chi connectivity index (χ0n) is 17.3. The predicted molar refractivity (Wildman–Crippen MR) is 102 cm³/mol. The normalized spacial score (nSPS) is 24.4. The van der Waals surface area contributed by atoms with E-state index in [1.807, 2.05) is 0 Å². The molecule has 0 aromatic carbocycles. The van der Waals surface area contributed by atoms with Crippen molar-refractivity contribution in [3.8, 4) is 0 Å². The lowest BCUT2D eigenvalue weighted by atomic mass is 9.95. The van der Waals surface area contributed by atoms with Crippen LogP contribution >= 0.6 is 0 Å². The van der Waals surface area contributed by atoms with Gasteiger partial charge in [-0.25, -0.2) is 0 Å². The third-order valence-corrected chi connectivity index (χ3v) is 5.50. The molecule has 1 saturated heterocycles. The van der Waals surface area contributed by atoms with E-state index in [0.29, 0.717) is 37.4 Å². The van der Waals surface area contributed by atoms with Crippen molar-refractivity contribution in [2.45, 2.75) is 18.9 Å².